The van der Waals surface area contributed by atoms with Crippen molar-refractivity contribution in [1.82, 2.24) is 10.2 Å². The predicted octanol–water partition coefficient (Wildman–Crippen LogP) is 3.84. The molecule has 0 bridgehead atoms. The molecule has 0 radical (unpaired) electrons. The van der Waals surface area contributed by atoms with E-state index in [1.165, 1.54) is 11.1 Å². The first-order valence-corrected chi connectivity index (χ1v) is 8.50. The van der Waals surface area contributed by atoms with Crippen LogP contribution in [0.2, 0.25) is 0 Å². The Morgan fingerprint density at radius 2 is 1.50 bits per heavy atom. The third-order valence-corrected chi connectivity index (χ3v) is 4.65. The molecule has 1 aliphatic heterocycles. The van der Waals surface area contributed by atoms with Gasteiger partial charge in [0.25, 0.3) is 0 Å². The lowest BCUT2D eigenvalue weighted by molar-refractivity contribution is 0.0911. The first-order valence-electron chi connectivity index (χ1n) is 8.50. The monoisotopic (exact) mass is 318 g/mol. The van der Waals surface area contributed by atoms with Gasteiger partial charge in [0, 0.05) is 19.1 Å². The summed E-state index contributed by atoms with van der Waals surface area (Å²) in [4.78, 5) is 2.53. The van der Waals surface area contributed by atoms with Crippen molar-refractivity contribution in [3.63, 3.8) is 0 Å². The van der Waals surface area contributed by atoms with Crippen molar-refractivity contribution in [3.05, 3.63) is 95.9 Å². The van der Waals surface area contributed by atoms with Gasteiger partial charge < -0.3 is 9.73 Å². The van der Waals surface area contributed by atoms with Crippen LogP contribution in [0.5, 0.6) is 0 Å². The molecule has 3 heteroatoms. The minimum atomic E-state index is 0.328. The van der Waals surface area contributed by atoms with Gasteiger partial charge in [0.05, 0.1) is 18.8 Å². The molecule has 0 aliphatic carbocycles. The highest BCUT2D eigenvalue weighted by atomic mass is 16.3. The second-order valence-electron chi connectivity index (χ2n) is 6.33. The maximum Gasteiger partial charge on any atom is 0.117 e. The summed E-state index contributed by atoms with van der Waals surface area (Å²) in [7, 11) is 0. The number of nitrogens with zero attached hydrogens (tertiary/aromatic N) is 1. The van der Waals surface area contributed by atoms with Crippen LogP contribution in [0.4, 0.5) is 0 Å². The average Bonchev–Trinajstić information content (AvgIpc) is 3.12. The topological polar surface area (TPSA) is 28.4 Å². The summed E-state index contributed by atoms with van der Waals surface area (Å²) < 4.78 is 5.39. The fourth-order valence-electron chi connectivity index (χ4n) is 3.40. The Balaban J connectivity index is 1.44. The van der Waals surface area contributed by atoms with Crippen LogP contribution in [0.25, 0.3) is 0 Å². The average molecular weight is 318 g/mol. The maximum absolute atomic E-state index is 5.39. The standard InChI is InChI=1S/C21H22N2O/c1-3-8-17(9-4-1)21(18-10-5-2-6-11-18)23-15-19(16-23)22-14-20-12-7-13-24-20/h1-13,19,21-22H,14-16H2. The van der Waals surface area contributed by atoms with Gasteiger partial charge in [-0.25, -0.2) is 0 Å². The van der Waals surface area contributed by atoms with Crippen molar-refractivity contribution >= 4 is 0 Å². The zero-order valence-corrected chi connectivity index (χ0v) is 13.6. The molecule has 2 aromatic carbocycles. The molecule has 2 heterocycles. The minimum Gasteiger partial charge on any atom is -0.468 e. The van der Waals surface area contributed by atoms with Gasteiger partial charge in [-0.15, -0.1) is 0 Å². The smallest absolute Gasteiger partial charge is 0.117 e. The summed E-state index contributed by atoms with van der Waals surface area (Å²) in [6, 6.07) is 26.3. The van der Waals surface area contributed by atoms with Gasteiger partial charge in [-0.2, -0.15) is 0 Å². The predicted molar refractivity (Wildman–Crippen MR) is 95.6 cm³/mol. The van der Waals surface area contributed by atoms with Gasteiger partial charge in [-0.3, -0.25) is 4.90 Å². The molecule has 24 heavy (non-hydrogen) atoms. The van der Waals surface area contributed by atoms with Crippen molar-refractivity contribution < 1.29 is 4.42 Å². The van der Waals surface area contributed by atoms with Gasteiger partial charge in [0.2, 0.25) is 0 Å². The summed E-state index contributed by atoms with van der Waals surface area (Å²) >= 11 is 0. The Kier molecular flexibility index (Phi) is 4.45. The van der Waals surface area contributed by atoms with E-state index < -0.39 is 0 Å². The molecule has 3 nitrogen and oxygen atoms in total. The molecule has 0 amide bonds. The summed E-state index contributed by atoms with van der Waals surface area (Å²) in [6.07, 6.45) is 1.73. The summed E-state index contributed by atoms with van der Waals surface area (Å²) in [5.74, 6) is 0.996. The van der Waals surface area contributed by atoms with Crippen molar-refractivity contribution in [2.45, 2.75) is 18.6 Å². The van der Waals surface area contributed by atoms with Crippen LogP contribution in [0.1, 0.15) is 22.9 Å². The molecule has 1 aromatic heterocycles. The first kappa shape index (κ1) is 15.2. The van der Waals surface area contributed by atoms with Gasteiger partial charge in [0.1, 0.15) is 5.76 Å². The molecule has 1 saturated heterocycles. The fourth-order valence-corrected chi connectivity index (χ4v) is 3.40. The van der Waals surface area contributed by atoms with E-state index >= 15 is 0 Å². The number of hydrogen-bond acceptors (Lipinski definition) is 3. The van der Waals surface area contributed by atoms with Crippen molar-refractivity contribution in [1.29, 1.82) is 0 Å². The largest absolute Gasteiger partial charge is 0.468 e. The summed E-state index contributed by atoms with van der Waals surface area (Å²) in [5.41, 5.74) is 2.71. The van der Waals surface area contributed by atoms with E-state index in [9.17, 15) is 0 Å². The van der Waals surface area contributed by atoms with E-state index in [-0.39, 0.29) is 0 Å². The van der Waals surface area contributed by atoms with Crippen LogP contribution >= 0.6 is 0 Å². The van der Waals surface area contributed by atoms with Crippen molar-refractivity contribution in [2.24, 2.45) is 0 Å². The minimum absolute atomic E-state index is 0.328. The third kappa shape index (κ3) is 3.28. The van der Waals surface area contributed by atoms with E-state index in [0.717, 1.165) is 25.4 Å². The number of nitrogens with one attached hydrogen (secondary N) is 1. The third-order valence-electron chi connectivity index (χ3n) is 4.65. The van der Waals surface area contributed by atoms with Crippen LogP contribution < -0.4 is 5.32 Å². The van der Waals surface area contributed by atoms with Gasteiger partial charge in [0.15, 0.2) is 0 Å². The number of furan rings is 1. The number of benzene rings is 2. The molecule has 1 fully saturated rings. The van der Waals surface area contributed by atoms with Crippen molar-refractivity contribution in [2.75, 3.05) is 13.1 Å². The number of likely N-dealkylation sites (tertiary alicyclic amines) is 1. The van der Waals surface area contributed by atoms with E-state index in [1.807, 2.05) is 12.1 Å². The number of rotatable bonds is 6. The second-order valence-corrected chi connectivity index (χ2v) is 6.33. The van der Waals surface area contributed by atoms with E-state index in [1.54, 1.807) is 6.26 Å². The Bertz CT molecular complexity index is 695. The van der Waals surface area contributed by atoms with E-state index in [0.29, 0.717) is 12.1 Å². The zero-order valence-electron chi connectivity index (χ0n) is 13.6. The van der Waals surface area contributed by atoms with Gasteiger partial charge in [-0.1, -0.05) is 60.7 Å². The highest BCUT2D eigenvalue weighted by molar-refractivity contribution is 5.32. The van der Waals surface area contributed by atoms with Crippen LogP contribution in [0.15, 0.2) is 83.5 Å². The molecular formula is C21H22N2O. The Labute approximate surface area is 142 Å². The molecule has 0 atom stereocenters. The second kappa shape index (κ2) is 7.04. The molecule has 0 saturated carbocycles. The quantitative estimate of drug-likeness (QED) is 0.748. The lowest BCUT2D eigenvalue weighted by atomic mass is 9.93. The summed E-state index contributed by atoms with van der Waals surface area (Å²) in [5, 5.41) is 3.57. The lowest BCUT2D eigenvalue weighted by Crippen LogP contribution is -2.58. The molecule has 0 unspecified atom stereocenters. The Hall–Kier alpha value is -2.36. The molecule has 4 rings (SSSR count). The molecule has 1 N–H and O–H groups in total. The summed E-state index contributed by atoms with van der Waals surface area (Å²) in [6.45, 7) is 2.90. The zero-order chi connectivity index (χ0) is 16.2. The van der Waals surface area contributed by atoms with Crippen molar-refractivity contribution in [3.8, 4) is 0 Å². The molecule has 1 aliphatic rings. The molecule has 0 spiro atoms. The maximum atomic E-state index is 5.39. The Morgan fingerprint density at radius 1 is 0.875 bits per heavy atom. The normalized spacial score (nSPS) is 15.5. The van der Waals surface area contributed by atoms with Crippen LogP contribution in [-0.4, -0.2) is 24.0 Å². The van der Waals surface area contributed by atoms with Crippen LogP contribution in [0, 0.1) is 0 Å². The van der Waals surface area contributed by atoms with Gasteiger partial charge >= 0.3 is 0 Å². The fraction of sp³-hybridized carbons (Fsp3) is 0.238. The highest BCUT2D eigenvalue weighted by Gasteiger charge is 2.33. The highest BCUT2D eigenvalue weighted by Crippen LogP contribution is 2.32. The molecule has 3 aromatic rings. The first-order chi connectivity index (χ1) is 11.9. The Morgan fingerprint density at radius 3 is 2.04 bits per heavy atom. The van der Waals surface area contributed by atoms with E-state index in [2.05, 4.69) is 70.9 Å². The molecular weight excluding hydrogens is 296 g/mol. The molecule has 122 valence electrons. The van der Waals surface area contributed by atoms with Crippen LogP contribution in [-0.2, 0) is 6.54 Å². The number of hydrogen-bond donors (Lipinski definition) is 1. The SMILES string of the molecule is c1ccc(C(c2ccccc2)N2CC(NCc3ccco3)C2)cc1. The lowest BCUT2D eigenvalue weighted by Gasteiger charge is -2.45. The van der Waals surface area contributed by atoms with Gasteiger partial charge in [-0.05, 0) is 23.3 Å². The van der Waals surface area contributed by atoms with E-state index in [4.69, 9.17) is 4.42 Å². The van der Waals surface area contributed by atoms with Crippen LogP contribution in [0.3, 0.4) is 0 Å².